The fourth-order valence-electron chi connectivity index (χ4n) is 1.05. The standard InChI is InChI=1S/C9H10FN/c1-6-4-5-8(10)7(2)9(6)11-3/h4-5H,3H2,1-2H3. The van der Waals surface area contributed by atoms with Crippen LogP contribution in [0.1, 0.15) is 11.1 Å². The SMILES string of the molecule is C=Nc1c(C)ccc(F)c1C. The average molecular weight is 151 g/mol. The number of hydrogen-bond donors (Lipinski definition) is 0. The normalized spacial score (nSPS) is 9.73. The molecule has 2 heteroatoms. The third-order valence-corrected chi connectivity index (χ3v) is 1.72. The molecule has 0 unspecified atom stereocenters. The molecule has 0 saturated heterocycles. The Morgan fingerprint density at radius 2 is 2.00 bits per heavy atom. The maximum absolute atomic E-state index is 12.9. The lowest BCUT2D eigenvalue weighted by Gasteiger charge is -2.03. The quantitative estimate of drug-likeness (QED) is 0.547. The molecule has 0 amide bonds. The molecule has 0 fully saturated rings. The molecule has 0 radical (unpaired) electrons. The van der Waals surface area contributed by atoms with Gasteiger partial charge in [-0.2, -0.15) is 0 Å². The Bertz CT molecular complexity index is 292. The summed E-state index contributed by atoms with van der Waals surface area (Å²) in [6.45, 7) is 6.96. The van der Waals surface area contributed by atoms with Gasteiger partial charge >= 0.3 is 0 Å². The molecular weight excluding hydrogens is 141 g/mol. The maximum Gasteiger partial charge on any atom is 0.128 e. The minimum Gasteiger partial charge on any atom is -0.264 e. The molecule has 0 saturated carbocycles. The van der Waals surface area contributed by atoms with Crippen molar-refractivity contribution >= 4 is 12.4 Å². The summed E-state index contributed by atoms with van der Waals surface area (Å²) in [5.74, 6) is -0.224. The first-order chi connectivity index (χ1) is 5.16. The smallest absolute Gasteiger partial charge is 0.128 e. The van der Waals surface area contributed by atoms with Crippen LogP contribution in [0.25, 0.3) is 0 Å². The van der Waals surface area contributed by atoms with Crippen molar-refractivity contribution in [2.75, 3.05) is 0 Å². The summed E-state index contributed by atoms with van der Waals surface area (Å²) in [6.07, 6.45) is 0. The van der Waals surface area contributed by atoms with Gasteiger partial charge in [0.15, 0.2) is 0 Å². The van der Waals surface area contributed by atoms with Crippen molar-refractivity contribution in [1.29, 1.82) is 0 Å². The van der Waals surface area contributed by atoms with Crippen LogP contribution in [-0.4, -0.2) is 6.72 Å². The third kappa shape index (κ3) is 1.29. The van der Waals surface area contributed by atoms with Gasteiger partial charge in [0.25, 0.3) is 0 Å². The zero-order chi connectivity index (χ0) is 8.43. The Labute approximate surface area is 65.6 Å². The van der Waals surface area contributed by atoms with Gasteiger partial charge in [0.2, 0.25) is 0 Å². The molecule has 11 heavy (non-hydrogen) atoms. The predicted octanol–water partition coefficient (Wildman–Crippen LogP) is 2.77. The summed E-state index contributed by atoms with van der Waals surface area (Å²) >= 11 is 0. The summed E-state index contributed by atoms with van der Waals surface area (Å²) < 4.78 is 12.9. The number of nitrogens with zero attached hydrogens (tertiary/aromatic N) is 1. The molecular formula is C9H10FN. The van der Waals surface area contributed by atoms with E-state index in [9.17, 15) is 4.39 Å². The van der Waals surface area contributed by atoms with E-state index in [-0.39, 0.29) is 5.82 Å². The molecule has 0 aliphatic rings. The zero-order valence-corrected chi connectivity index (χ0v) is 6.69. The Balaban J connectivity index is 3.40. The Hall–Kier alpha value is -1.18. The highest BCUT2D eigenvalue weighted by Crippen LogP contribution is 2.24. The molecule has 58 valence electrons. The topological polar surface area (TPSA) is 12.4 Å². The minimum absolute atomic E-state index is 0.224. The summed E-state index contributed by atoms with van der Waals surface area (Å²) in [5, 5.41) is 0. The minimum atomic E-state index is -0.224. The first-order valence-electron chi connectivity index (χ1n) is 3.39. The highest BCUT2D eigenvalue weighted by Gasteiger charge is 2.03. The van der Waals surface area contributed by atoms with Crippen LogP contribution in [0.3, 0.4) is 0 Å². The lowest BCUT2D eigenvalue weighted by Crippen LogP contribution is -1.84. The van der Waals surface area contributed by atoms with E-state index < -0.39 is 0 Å². The van der Waals surface area contributed by atoms with Crippen LogP contribution < -0.4 is 0 Å². The molecule has 1 nitrogen and oxygen atoms in total. The van der Waals surface area contributed by atoms with Gasteiger partial charge in [-0.1, -0.05) is 6.07 Å². The second-order valence-corrected chi connectivity index (χ2v) is 2.50. The van der Waals surface area contributed by atoms with Gasteiger partial charge in [-0.05, 0) is 32.2 Å². The summed E-state index contributed by atoms with van der Waals surface area (Å²) in [7, 11) is 0. The van der Waals surface area contributed by atoms with E-state index in [1.54, 1.807) is 13.0 Å². The molecule has 1 aromatic carbocycles. The Morgan fingerprint density at radius 1 is 1.36 bits per heavy atom. The van der Waals surface area contributed by atoms with Gasteiger partial charge in [-0.15, -0.1) is 0 Å². The van der Waals surface area contributed by atoms with E-state index >= 15 is 0 Å². The van der Waals surface area contributed by atoms with Gasteiger partial charge in [0, 0.05) is 5.56 Å². The van der Waals surface area contributed by atoms with Crippen LogP contribution >= 0.6 is 0 Å². The van der Waals surface area contributed by atoms with Crippen molar-refractivity contribution in [2.45, 2.75) is 13.8 Å². The summed E-state index contributed by atoms with van der Waals surface area (Å²) in [5.41, 5.74) is 2.18. The number of aryl methyl sites for hydroxylation is 1. The molecule has 0 aliphatic carbocycles. The van der Waals surface area contributed by atoms with E-state index in [1.807, 2.05) is 6.92 Å². The van der Waals surface area contributed by atoms with Crippen molar-refractivity contribution in [1.82, 2.24) is 0 Å². The molecule has 0 N–H and O–H groups in total. The first-order valence-corrected chi connectivity index (χ1v) is 3.39. The number of halogens is 1. The van der Waals surface area contributed by atoms with Crippen LogP contribution in [-0.2, 0) is 0 Å². The number of benzene rings is 1. The summed E-state index contributed by atoms with van der Waals surface area (Å²) in [6, 6.07) is 3.14. The van der Waals surface area contributed by atoms with Gasteiger partial charge in [-0.3, -0.25) is 4.99 Å². The van der Waals surface area contributed by atoms with Gasteiger partial charge in [-0.25, -0.2) is 4.39 Å². The van der Waals surface area contributed by atoms with E-state index in [1.165, 1.54) is 6.07 Å². The number of rotatable bonds is 1. The first kappa shape index (κ1) is 7.92. The van der Waals surface area contributed by atoms with Gasteiger partial charge < -0.3 is 0 Å². The van der Waals surface area contributed by atoms with E-state index in [0.717, 1.165) is 5.56 Å². The molecule has 0 aliphatic heterocycles. The highest BCUT2D eigenvalue weighted by molar-refractivity contribution is 5.56. The number of aliphatic imine (C=N–C) groups is 1. The average Bonchev–Trinajstić information content (AvgIpc) is 1.99. The van der Waals surface area contributed by atoms with Crippen LogP contribution in [0, 0.1) is 19.7 Å². The Morgan fingerprint density at radius 3 is 2.45 bits per heavy atom. The van der Waals surface area contributed by atoms with E-state index in [0.29, 0.717) is 11.3 Å². The van der Waals surface area contributed by atoms with Crippen molar-refractivity contribution < 1.29 is 4.39 Å². The molecule has 0 bridgehead atoms. The van der Waals surface area contributed by atoms with Crippen LogP contribution in [0.2, 0.25) is 0 Å². The van der Waals surface area contributed by atoms with E-state index in [2.05, 4.69) is 11.7 Å². The lowest BCUT2D eigenvalue weighted by molar-refractivity contribution is 0.618. The van der Waals surface area contributed by atoms with Crippen LogP contribution in [0.5, 0.6) is 0 Å². The second kappa shape index (κ2) is 2.82. The number of hydrogen-bond acceptors (Lipinski definition) is 1. The molecule has 0 atom stereocenters. The van der Waals surface area contributed by atoms with Crippen molar-refractivity contribution in [2.24, 2.45) is 4.99 Å². The van der Waals surface area contributed by atoms with Crippen molar-refractivity contribution in [3.63, 3.8) is 0 Å². The molecule has 0 spiro atoms. The molecule has 1 rings (SSSR count). The van der Waals surface area contributed by atoms with Crippen LogP contribution in [0.4, 0.5) is 10.1 Å². The zero-order valence-electron chi connectivity index (χ0n) is 6.69. The monoisotopic (exact) mass is 151 g/mol. The van der Waals surface area contributed by atoms with Crippen molar-refractivity contribution in [3.05, 3.63) is 29.1 Å². The fraction of sp³-hybridized carbons (Fsp3) is 0.222. The van der Waals surface area contributed by atoms with Gasteiger partial charge in [0.05, 0.1) is 5.69 Å². The molecule has 1 aromatic rings. The molecule has 0 aromatic heterocycles. The largest absolute Gasteiger partial charge is 0.264 e. The highest BCUT2D eigenvalue weighted by atomic mass is 19.1. The van der Waals surface area contributed by atoms with Crippen LogP contribution in [0.15, 0.2) is 17.1 Å². The maximum atomic E-state index is 12.9. The Kier molecular flexibility index (Phi) is 2.03. The summed E-state index contributed by atoms with van der Waals surface area (Å²) in [4.78, 5) is 3.74. The predicted molar refractivity (Wildman–Crippen MR) is 45.1 cm³/mol. The molecule has 0 heterocycles. The fourth-order valence-corrected chi connectivity index (χ4v) is 1.05. The second-order valence-electron chi connectivity index (χ2n) is 2.50. The van der Waals surface area contributed by atoms with Crippen molar-refractivity contribution in [3.8, 4) is 0 Å². The lowest BCUT2D eigenvalue weighted by atomic mass is 10.1. The van der Waals surface area contributed by atoms with E-state index in [4.69, 9.17) is 0 Å². The van der Waals surface area contributed by atoms with Gasteiger partial charge in [0.1, 0.15) is 5.82 Å². The third-order valence-electron chi connectivity index (χ3n) is 1.72.